The third kappa shape index (κ3) is 4.25. The predicted octanol–water partition coefficient (Wildman–Crippen LogP) is 13.9. The number of fused-ring (bicyclic) bond motifs is 7. The Morgan fingerprint density at radius 1 is 0.340 bits per heavy atom. The van der Waals surface area contributed by atoms with E-state index in [1.54, 1.807) is 0 Å². The lowest BCUT2D eigenvalue weighted by Crippen LogP contribution is -2.14. The van der Waals surface area contributed by atoms with E-state index in [0.29, 0.717) is 0 Å². The maximum absolute atomic E-state index is 2.41. The second kappa shape index (κ2) is 10.8. The van der Waals surface area contributed by atoms with Crippen molar-refractivity contribution in [1.82, 2.24) is 0 Å². The summed E-state index contributed by atoms with van der Waals surface area (Å²) in [6.07, 6.45) is 0. The molecule has 0 saturated heterocycles. The highest BCUT2D eigenvalue weighted by Gasteiger charge is 2.37. The van der Waals surface area contributed by atoms with Gasteiger partial charge in [-0.25, -0.2) is 0 Å². The molecule has 236 valence electrons. The first kappa shape index (κ1) is 29.0. The van der Waals surface area contributed by atoms with Crippen molar-refractivity contribution in [2.45, 2.75) is 26.2 Å². The molecule has 0 aromatic heterocycles. The lowest BCUT2D eigenvalue weighted by Gasteiger charge is -2.23. The van der Waals surface area contributed by atoms with Crippen molar-refractivity contribution in [1.29, 1.82) is 0 Å². The molecule has 0 amide bonds. The molecule has 9 aromatic rings. The fraction of sp³-hybridized carbons (Fsp3) is 0.0800. The molecule has 0 fully saturated rings. The molecule has 1 aliphatic carbocycles. The van der Waals surface area contributed by atoms with Gasteiger partial charge in [0.05, 0.1) is 0 Å². The maximum Gasteiger partial charge on any atom is 0.0159 e. The van der Waals surface area contributed by atoms with Crippen LogP contribution in [0.15, 0.2) is 164 Å². The van der Waals surface area contributed by atoms with Gasteiger partial charge in [0.2, 0.25) is 0 Å². The first-order valence-corrected chi connectivity index (χ1v) is 17.7. The highest BCUT2D eigenvalue weighted by molar-refractivity contribution is 6.23. The van der Waals surface area contributed by atoms with Gasteiger partial charge in [-0.3, -0.25) is 0 Å². The van der Waals surface area contributed by atoms with Gasteiger partial charge in [0.25, 0.3) is 0 Å². The molecule has 0 N–H and O–H groups in total. The molecule has 0 unspecified atom stereocenters. The normalized spacial score (nSPS) is 13.3. The molecule has 50 heavy (non-hydrogen) atoms. The summed E-state index contributed by atoms with van der Waals surface area (Å²) in [6, 6.07) is 61.3. The number of rotatable bonds is 3. The molecule has 0 heteroatoms. The summed E-state index contributed by atoms with van der Waals surface area (Å²) in [4.78, 5) is 0. The van der Waals surface area contributed by atoms with Crippen molar-refractivity contribution in [2.24, 2.45) is 0 Å². The summed E-state index contributed by atoms with van der Waals surface area (Å²) in [5.74, 6) is 0. The van der Waals surface area contributed by atoms with Gasteiger partial charge in [0.1, 0.15) is 0 Å². The Labute approximate surface area is 293 Å². The molecule has 9 aromatic carbocycles. The molecule has 0 nitrogen and oxygen atoms in total. The molecule has 1 aliphatic rings. The maximum atomic E-state index is 2.41. The number of hydrogen-bond donors (Lipinski definition) is 0. The monoisotopic (exact) mass is 636 g/mol. The van der Waals surface area contributed by atoms with Crippen LogP contribution >= 0.6 is 0 Å². The van der Waals surface area contributed by atoms with Gasteiger partial charge in [-0.1, -0.05) is 165 Å². The first-order chi connectivity index (χ1) is 24.5. The molecule has 0 saturated carbocycles. The average molecular weight is 637 g/mol. The van der Waals surface area contributed by atoms with Crippen LogP contribution in [0.4, 0.5) is 0 Å². The Bertz CT molecular complexity index is 2850. The van der Waals surface area contributed by atoms with E-state index in [1.165, 1.54) is 104 Å². The van der Waals surface area contributed by atoms with Crippen LogP contribution in [0.5, 0.6) is 0 Å². The van der Waals surface area contributed by atoms with E-state index in [-0.39, 0.29) is 5.41 Å². The molecule has 0 heterocycles. The van der Waals surface area contributed by atoms with Crippen LogP contribution in [0, 0.1) is 6.92 Å². The van der Waals surface area contributed by atoms with Crippen LogP contribution in [0.3, 0.4) is 0 Å². The molecular weight excluding hydrogens is 601 g/mol. The van der Waals surface area contributed by atoms with Crippen LogP contribution < -0.4 is 0 Å². The fourth-order valence-corrected chi connectivity index (χ4v) is 8.81. The van der Waals surface area contributed by atoms with Gasteiger partial charge in [0.15, 0.2) is 0 Å². The molecule has 10 rings (SSSR count). The van der Waals surface area contributed by atoms with Gasteiger partial charge in [0, 0.05) is 5.41 Å². The van der Waals surface area contributed by atoms with E-state index in [4.69, 9.17) is 0 Å². The van der Waals surface area contributed by atoms with Crippen molar-refractivity contribution in [2.75, 3.05) is 0 Å². The Balaban J connectivity index is 1.20. The van der Waals surface area contributed by atoms with E-state index in [0.717, 1.165) is 0 Å². The van der Waals surface area contributed by atoms with Gasteiger partial charge >= 0.3 is 0 Å². The van der Waals surface area contributed by atoms with E-state index < -0.39 is 0 Å². The molecular formula is C50H36. The zero-order valence-corrected chi connectivity index (χ0v) is 28.6. The summed E-state index contributed by atoms with van der Waals surface area (Å²) in [6.45, 7) is 6.96. The minimum Gasteiger partial charge on any atom is -0.0619 e. The van der Waals surface area contributed by atoms with Gasteiger partial charge in [-0.15, -0.1) is 0 Å². The Morgan fingerprint density at radius 3 is 1.66 bits per heavy atom. The Morgan fingerprint density at radius 2 is 0.880 bits per heavy atom. The van der Waals surface area contributed by atoms with Crippen LogP contribution in [0.25, 0.3) is 87.6 Å². The third-order valence-electron chi connectivity index (χ3n) is 11.3. The van der Waals surface area contributed by atoms with Crippen LogP contribution in [0.2, 0.25) is 0 Å². The van der Waals surface area contributed by atoms with Gasteiger partial charge < -0.3 is 0 Å². The Hall–Kier alpha value is -5.98. The van der Waals surface area contributed by atoms with Crippen LogP contribution in [-0.2, 0) is 5.41 Å². The van der Waals surface area contributed by atoms with Crippen LogP contribution in [-0.4, -0.2) is 0 Å². The van der Waals surface area contributed by atoms with Crippen molar-refractivity contribution in [3.05, 3.63) is 180 Å². The predicted molar refractivity (Wildman–Crippen MR) is 215 cm³/mol. The lowest BCUT2D eigenvalue weighted by molar-refractivity contribution is 0.660. The molecule has 0 bridgehead atoms. The van der Waals surface area contributed by atoms with E-state index in [1.807, 2.05) is 0 Å². The second-order valence-corrected chi connectivity index (χ2v) is 14.6. The molecule has 0 radical (unpaired) electrons. The minimum absolute atomic E-state index is 0.0529. The molecule has 0 aliphatic heterocycles. The summed E-state index contributed by atoms with van der Waals surface area (Å²) in [5, 5.41) is 10.2. The number of aryl methyl sites for hydroxylation is 1. The van der Waals surface area contributed by atoms with Crippen molar-refractivity contribution < 1.29 is 0 Å². The standard InChI is InChI=1S/C50H36/c1-31-19-26-41-44(27-31)48(43-16-10-18-46-49(43)42-15-8-9-17-45(42)50(46,2)3)40-14-7-6-13-39(40)47(41)38-25-24-36-29-35(22-23-37(36)30-38)34-21-20-32-11-4-5-12-33(32)28-34/h4-30H,1-3H3. The fourth-order valence-electron chi connectivity index (χ4n) is 8.81. The lowest BCUT2D eigenvalue weighted by atomic mass is 9.80. The number of benzene rings is 9. The topological polar surface area (TPSA) is 0 Å². The van der Waals surface area contributed by atoms with E-state index in [9.17, 15) is 0 Å². The third-order valence-corrected chi connectivity index (χ3v) is 11.3. The molecule has 0 atom stereocenters. The van der Waals surface area contributed by atoms with E-state index in [2.05, 4.69) is 185 Å². The largest absolute Gasteiger partial charge is 0.0619 e. The summed E-state index contributed by atoms with van der Waals surface area (Å²) < 4.78 is 0. The van der Waals surface area contributed by atoms with Crippen molar-refractivity contribution >= 4 is 43.1 Å². The SMILES string of the molecule is Cc1ccc2c(-c3ccc4cc(-c5ccc6ccccc6c5)ccc4c3)c3ccccc3c(-c3cccc4c3-c3ccccc3C4(C)C)c2c1. The zero-order valence-electron chi connectivity index (χ0n) is 28.6. The van der Waals surface area contributed by atoms with Gasteiger partial charge in [-0.2, -0.15) is 0 Å². The Kier molecular flexibility index (Phi) is 6.24. The number of hydrogen-bond acceptors (Lipinski definition) is 0. The smallest absolute Gasteiger partial charge is 0.0159 e. The summed E-state index contributed by atoms with van der Waals surface area (Å²) in [7, 11) is 0. The minimum atomic E-state index is -0.0529. The quantitative estimate of drug-likeness (QED) is 0.169. The van der Waals surface area contributed by atoms with Gasteiger partial charge in [-0.05, 0) is 124 Å². The summed E-state index contributed by atoms with van der Waals surface area (Å²) in [5.41, 5.74) is 14.4. The van der Waals surface area contributed by atoms with E-state index >= 15 is 0 Å². The molecule has 0 spiro atoms. The second-order valence-electron chi connectivity index (χ2n) is 14.6. The van der Waals surface area contributed by atoms with Crippen molar-refractivity contribution in [3.63, 3.8) is 0 Å². The first-order valence-electron chi connectivity index (χ1n) is 17.7. The zero-order chi connectivity index (χ0) is 33.6. The van der Waals surface area contributed by atoms with Crippen LogP contribution in [0.1, 0.15) is 30.5 Å². The summed E-state index contributed by atoms with van der Waals surface area (Å²) >= 11 is 0. The highest BCUT2D eigenvalue weighted by Crippen LogP contribution is 2.54. The average Bonchev–Trinajstić information content (AvgIpc) is 3.39. The highest BCUT2D eigenvalue weighted by atomic mass is 14.4. The van der Waals surface area contributed by atoms with Crippen molar-refractivity contribution in [3.8, 4) is 44.5 Å².